The normalized spacial score (nSPS) is 15.7. The second-order valence-electron chi connectivity index (χ2n) is 8.75. The van der Waals surface area contributed by atoms with E-state index in [1.54, 1.807) is 0 Å². The van der Waals surface area contributed by atoms with Crippen molar-refractivity contribution in [1.82, 2.24) is 4.90 Å². The first-order valence-electron chi connectivity index (χ1n) is 12.0. The molecule has 168 valence electrons. The molecule has 0 saturated carbocycles. The summed E-state index contributed by atoms with van der Waals surface area (Å²) in [5.74, 6) is 0.255. The largest absolute Gasteiger partial charge is 0.298 e. The fraction of sp³-hybridized carbons (Fsp3) is 0.483. The highest BCUT2D eigenvalue weighted by Gasteiger charge is 2.20. The number of ketones is 1. The molecule has 0 spiro atoms. The van der Waals surface area contributed by atoms with Gasteiger partial charge >= 0.3 is 0 Å². The van der Waals surface area contributed by atoms with Gasteiger partial charge in [0.15, 0.2) is 5.78 Å². The maximum Gasteiger partial charge on any atom is 0.162 e. The van der Waals surface area contributed by atoms with Crippen molar-refractivity contribution in [1.29, 1.82) is 0 Å². The predicted octanol–water partition coefficient (Wildman–Crippen LogP) is 7.71. The van der Waals surface area contributed by atoms with Crippen LogP contribution in [0.3, 0.4) is 0 Å². The lowest BCUT2D eigenvalue weighted by Gasteiger charge is -2.31. The van der Waals surface area contributed by atoms with Crippen molar-refractivity contribution in [2.75, 3.05) is 19.6 Å². The molecule has 1 aliphatic rings. The van der Waals surface area contributed by atoms with Crippen LogP contribution in [0, 0.1) is 6.92 Å². The van der Waals surface area contributed by atoms with Crippen LogP contribution in [0.15, 0.2) is 60.2 Å². The van der Waals surface area contributed by atoms with Gasteiger partial charge in [0.1, 0.15) is 0 Å². The van der Waals surface area contributed by atoms with E-state index >= 15 is 0 Å². The number of unbranched alkanes of at least 4 members (excludes halogenated alkanes) is 2. The van der Waals surface area contributed by atoms with Crippen LogP contribution >= 0.6 is 0 Å². The maximum atomic E-state index is 12.5. The minimum Gasteiger partial charge on any atom is -0.298 e. The highest BCUT2D eigenvalue weighted by atomic mass is 16.1. The van der Waals surface area contributed by atoms with E-state index in [0.717, 1.165) is 50.9 Å². The average molecular weight is 420 g/mol. The summed E-state index contributed by atoms with van der Waals surface area (Å²) in [6.45, 7) is 15.7. The van der Waals surface area contributed by atoms with Crippen LogP contribution in [0.5, 0.6) is 0 Å². The minimum absolute atomic E-state index is 0.255. The Morgan fingerprint density at radius 1 is 1.16 bits per heavy atom. The lowest BCUT2D eigenvalue weighted by molar-refractivity contribution is 0.0981. The Bertz CT molecular complexity index is 840. The first-order valence-corrected chi connectivity index (χ1v) is 12.0. The van der Waals surface area contributed by atoms with E-state index in [4.69, 9.17) is 0 Å². The van der Waals surface area contributed by atoms with E-state index in [-0.39, 0.29) is 5.78 Å². The number of benzene rings is 1. The molecule has 1 heterocycles. The predicted molar refractivity (Wildman–Crippen MR) is 136 cm³/mol. The zero-order valence-corrected chi connectivity index (χ0v) is 20.2. The zero-order chi connectivity index (χ0) is 22.6. The fourth-order valence-electron chi connectivity index (χ4n) is 4.14. The number of carbonyl (C=O) groups excluding carboxylic acids is 1. The molecule has 31 heavy (non-hydrogen) atoms. The van der Waals surface area contributed by atoms with Gasteiger partial charge in [-0.15, -0.1) is 0 Å². The lowest BCUT2D eigenvalue weighted by Crippen LogP contribution is -2.32. The molecule has 0 aliphatic carbocycles. The Balaban J connectivity index is 2.14. The molecular formula is C29H41NO. The van der Waals surface area contributed by atoms with Gasteiger partial charge in [-0.05, 0) is 62.3 Å². The third-order valence-electron chi connectivity index (χ3n) is 6.19. The first kappa shape index (κ1) is 25.1. The van der Waals surface area contributed by atoms with Gasteiger partial charge in [-0.25, -0.2) is 0 Å². The second kappa shape index (κ2) is 13.3. The number of aryl methyl sites for hydroxylation is 1. The summed E-state index contributed by atoms with van der Waals surface area (Å²) in [6, 6.07) is 6.25. The number of hydrogen-bond donors (Lipinski definition) is 0. The highest BCUT2D eigenvalue weighted by molar-refractivity contribution is 5.97. The molecule has 2 nitrogen and oxygen atoms in total. The molecule has 1 aliphatic heterocycles. The van der Waals surface area contributed by atoms with Crippen molar-refractivity contribution in [3.8, 4) is 0 Å². The number of carbonyl (C=O) groups is 1. The van der Waals surface area contributed by atoms with Crippen molar-refractivity contribution >= 4 is 11.4 Å². The van der Waals surface area contributed by atoms with Crippen molar-refractivity contribution in [2.24, 2.45) is 0 Å². The van der Waals surface area contributed by atoms with Crippen LogP contribution in [0.4, 0.5) is 0 Å². The van der Waals surface area contributed by atoms with Gasteiger partial charge < -0.3 is 0 Å². The molecule has 2 heteroatoms. The molecule has 0 bridgehead atoms. The van der Waals surface area contributed by atoms with Gasteiger partial charge in [-0.3, -0.25) is 9.69 Å². The van der Waals surface area contributed by atoms with E-state index < -0.39 is 0 Å². The second-order valence-corrected chi connectivity index (χ2v) is 8.75. The van der Waals surface area contributed by atoms with Crippen LogP contribution in [-0.2, 0) is 0 Å². The fourth-order valence-corrected chi connectivity index (χ4v) is 4.14. The van der Waals surface area contributed by atoms with Crippen molar-refractivity contribution in [2.45, 2.75) is 72.6 Å². The highest BCUT2D eigenvalue weighted by Crippen LogP contribution is 2.30. The standard InChI is InChI=1S/C29H41NO/c1-6-9-11-14-25(13-10-7-2)18-20-30-19-17-24(5)28(22-30)27-21-26(16-15-23(27)4)29(31)12-8-3/h7,10,13-16,21H,2,6,8-9,11-12,17-20,22H2,1,3-5H3/b13-10-,25-14+. The Kier molecular flexibility index (Phi) is 10.7. The smallest absolute Gasteiger partial charge is 0.162 e. The molecule has 1 aromatic carbocycles. The number of nitrogens with zero attached hydrogens (tertiary/aromatic N) is 1. The topological polar surface area (TPSA) is 20.3 Å². The van der Waals surface area contributed by atoms with Gasteiger partial charge in [0.05, 0.1) is 0 Å². The summed E-state index contributed by atoms with van der Waals surface area (Å²) in [6.07, 6.45) is 15.8. The molecule has 1 aromatic rings. The summed E-state index contributed by atoms with van der Waals surface area (Å²) in [5.41, 5.74) is 7.66. The Morgan fingerprint density at radius 2 is 1.97 bits per heavy atom. The van der Waals surface area contributed by atoms with E-state index in [9.17, 15) is 4.79 Å². The van der Waals surface area contributed by atoms with E-state index in [2.05, 4.69) is 63.5 Å². The molecule has 0 N–H and O–H groups in total. The van der Waals surface area contributed by atoms with Gasteiger partial charge in [-0.1, -0.05) is 80.9 Å². The SMILES string of the molecule is C=C/C=C\C(=C/CCCC)CCN1CCC(C)=C(c2cc(C(=O)CCC)ccc2C)C1. The van der Waals surface area contributed by atoms with Gasteiger partial charge in [0.2, 0.25) is 0 Å². The quantitative estimate of drug-likeness (QED) is 0.196. The van der Waals surface area contributed by atoms with Crippen LogP contribution in [0.25, 0.3) is 5.57 Å². The van der Waals surface area contributed by atoms with E-state index in [1.165, 1.54) is 40.7 Å². The summed E-state index contributed by atoms with van der Waals surface area (Å²) in [5, 5.41) is 0. The zero-order valence-electron chi connectivity index (χ0n) is 20.2. The van der Waals surface area contributed by atoms with Gasteiger partial charge in [0.25, 0.3) is 0 Å². The molecular weight excluding hydrogens is 378 g/mol. The molecule has 0 radical (unpaired) electrons. The van der Waals surface area contributed by atoms with Crippen LogP contribution in [0.2, 0.25) is 0 Å². The van der Waals surface area contributed by atoms with Crippen LogP contribution < -0.4 is 0 Å². The summed E-state index contributed by atoms with van der Waals surface area (Å²) in [4.78, 5) is 15.0. The van der Waals surface area contributed by atoms with Crippen LogP contribution in [0.1, 0.15) is 87.2 Å². The number of hydrogen-bond acceptors (Lipinski definition) is 2. The van der Waals surface area contributed by atoms with Gasteiger partial charge in [0, 0.05) is 31.6 Å². The molecule has 0 saturated heterocycles. The maximum absolute atomic E-state index is 12.5. The molecule has 0 amide bonds. The van der Waals surface area contributed by atoms with E-state index in [1.807, 2.05) is 18.2 Å². The molecule has 0 atom stereocenters. The number of allylic oxidation sites excluding steroid dienone is 4. The lowest BCUT2D eigenvalue weighted by atomic mass is 9.89. The third-order valence-corrected chi connectivity index (χ3v) is 6.19. The van der Waals surface area contributed by atoms with Crippen LogP contribution in [-0.4, -0.2) is 30.3 Å². The molecule has 0 fully saturated rings. The minimum atomic E-state index is 0.255. The Morgan fingerprint density at radius 3 is 2.68 bits per heavy atom. The monoisotopic (exact) mass is 419 g/mol. The summed E-state index contributed by atoms with van der Waals surface area (Å²) < 4.78 is 0. The average Bonchev–Trinajstić information content (AvgIpc) is 2.77. The Hall–Kier alpha value is -2.19. The number of rotatable bonds is 12. The third kappa shape index (κ3) is 7.78. The Labute approximate surface area is 190 Å². The van der Waals surface area contributed by atoms with E-state index in [0.29, 0.717) is 6.42 Å². The first-order chi connectivity index (χ1) is 15.0. The molecule has 0 unspecified atom stereocenters. The van der Waals surface area contributed by atoms with Gasteiger partial charge in [-0.2, -0.15) is 0 Å². The van der Waals surface area contributed by atoms with Crippen molar-refractivity contribution < 1.29 is 4.79 Å². The van der Waals surface area contributed by atoms with Crippen molar-refractivity contribution in [3.63, 3.8) is 0 Å². The molecule has 0 aromatic heterocycles. The van der Waals surface area contributed by atoms with Crippen molar-refractivity contribution in [3.05, 3.63) is 76.9 Å². The molecule has 2 rings (SSSR count). The number of Topliss-reactive ketones (excluding diaryl/α,β-unsaturated/α-hetero) is 1. The summed E-state index contributed by atoms with van der Waals surface area (Å²) in [7, 11) is 0. The summed E-state index contributed by atoms with van der Waals surface area (Å²) >= 11 is 0.